The minimum atomic E-state index is 0.253. The number of halogens is 1. The van der Waals surface area contributed by atoms with Crippen molar-refractivity contribution in [1.82, 2.24) is 10.2 Å². The molecule has 2 rings (SSSR count). The van der Waals surface area contributed by atoms with Crippen LogP contribution < -0.4 is 11.5 Å². The first-order valence-corrected chi connectivity index (χ1v) is 5.15. The monoisotopic (exact) mass is 234 g/mol. The Morgan fingerprint density at radius 3 is 2.56 bits per heavy atom. The number of nitrogens with zero attached hydrogens (tertiary/aromatic N) is 2. The summed E-state index contributed by atoms with van der Waals surface area (Å²) in [5, 5.41) is 8.43. The molecule has 0 radical (unpaired) electrons. The van der Waals surface area contributed by atoms with Crippen LogP contribution in [0.5, 0.6) is 0 Å². The van der Waals surface area contributed by atoms with Gasteiger partial charge < -0.3 is 11.5 Å². The van der Waals surface area contributed by atoms with Gasteiger partial charge in [0.1, 0.15) is 0 Å². The molecule has 0 atom stereocenters. The predicted octanol–water partition coefficient (Wildman–Crippen LogP) is 1.89. The van der Waals surface area contributed by atoms with E-state index in [1.165, 1.54) is 0 Å². The summed E-state index contributed by atoms with van der Waals surface area (Å²) in [7, 11) is 0. The second-order valence-electron chi connectivity index (χ2n) is 3.44. The molecule has 4 N–H and O–H groups in total. The van der Waals surface area contributed by atoms with Crippen LogP contribution in [0.2, 0.25) is 5.02 Å². The Morgan fingerprint density at radius 1 is 1.12 bits per heavy atom. The molecule has 0 amide bonds. The van der Waals surface area contributed by atoms with Gasteiger partial charge >= 0.3 is 0 Å². The summed E-state index contributed by atoms with van der Waals surface area (Å²) >= 11 is 6.04. The molecule has 0 saturated heterocycles. The van der Waals surface area contributed by atoms with Crippen LogP contribution in [-0.4, -0.2) is 10.2 Å². The highest BCUT2D eigenvalue weighted by Crippen LogP contribution is 2.19. The van der Waals surface area contributed by atoms with E-state index in [9.17, 15) is 0 Å². The smallest absolute Gasteiger partial charge is 0.169 e. The van der Waals surface area contributed by atoms with E-state index in [-0.39, 0.29) is 5.82 Å². The molecular formula is C11H11ClN4. The topological polar surface area (TPSA) is 77.8 Å². The molecule has 0 aliphatic rings. The highest BCUT2D eigenvalue weighted by molar-refractivity contribution is 6.31. The third-order valence-corrected chi connectivity index (χ3v) is 2.60. The summed E-state index contributed by atoms with van der Waals surface area (Å²) in [6.07, 6.45) is 0.594. The zero-order valence-electron chi connectivity index (χ0n) is 8.52. The van der Waals surface area contributed by atoms with Gasteiger partial charge in [0.05, 0.1) is 11.4 Å². The van der Waals surface area contributed by atoms with Gasteiger partial charge in [0.2, 0.25) is 0 Å². The molecule has 0 spiro atoms. The summed E-state index contributed by atoms with van der Waals surface area (Å²) in [5.41, 5.74) is 13.3. The van der Waals surface area contributed by atoms with E-state index in [1.54, 1.807) is 6.07 Å². The predicted molar refractivity (Wildman–Crippen MR) is 65.1 cm³/mol. The van der Waals surface area contributed by atoms with Gasteiger partial charge in [0.25, 0.3) is 0 Å². The van der Waals surface area contributed by atoms with E-state index in [4.69, 9.17) is 23.1 Å². The van der Waals surface area contributed by atoms with Gasteiger partial charge in [-0.2, -0.15) is 5.10 Å². The van der Waals surface area contributed by atoms with E-state index < -0.39 is 0 Å². The maximum absolute atomic E-state index is 6.04. The second kappa shape index (κ2) is 4.37. The van der Waals surface area contributed by atoms with Crippen LogP contribution >= 0.6 is 11.6 Å². The molecule has 0 bridgehead atoms. The molecule has 0 aliphatic carbocycles. The van der Waals surface area contributed by atoms with Crippen LogP contribution in [0.25, 0.3) is 0 Å². The van der Waals surface area contributed by atoms with Crippen LogP contribution in [-0.2, 0) is 6.42 Å². The van der Waals surface area contributed by atoms with Gasteiger partial charge in [0.15, 0.2) is 5.82 Å². The number of anilines is 2. The maximum atomic E-state index is 6.04. The van der Waals surface area contributed by atoms with E-state index in [0.29, 0.717) is 17.1 Å². The number of hydrogen-bond donors (Lipinski definition) is 2. The van der Waals surface area contributed by atoms with Crippen molar-refractivity contribution in [3.63, 3.8) is 0 Å². The lowest BCUT2D eigenvalue weighted by Crippen LogP contribution is -2.03. The zero-order chi connectivity index (χ0) is 11.5. The van der Waals surface area contributed by atoms with E-state index in [0.717, 1.165) is 11.3 Å². The third kappa shape index (κ3) is 2.23. The van der Waals surface area contributed by atoms with E-state index in [1.807, 2.05) is 24.3 Å². The van der Waals surface area contributed by atoms with Gasteiger partial charge in [-0.15, -0.1) is 5.10 Å². The van der Waals surface area contributed by atoms with Crippen molar-refractivity contribution in [2.75, 3.05) is 11.5 Å². The minimum absolute atomic E-state index is 0.253. The molecular weight excluding hydrogens is 224 g/mol. The molecule has 5 heteroatoms. The summed E-state index contributed by atoms with van der Waals surface area (Å²) in [6, 6.07) is 9.30. The number of hydrogen-bond acceptors (Lipinski definition) is 4. The number of benzene rings is 1. The van der Waals surface area contributed by atoms with Crippen LogP contribution in [0.15, 0.2) is 30.3 Å². The summed E-state index contributed by atoms with van der Waals surface area (Å²) in [4.78, 5) is 0. The van der Waals surface area contributed by atoms with Crippen molar-refractivity contribution >= 4 is 23.1 Å². The van der Waals surface area contributed by atoms with Crippen molar-refractivity contribution in [2.45, 2.75) is 6.42 Å². The molecule has 1 aromatic carbocycles. The highest BCUT2D eigenvalue weighted by Gasteiger charge is 2.04. The summed E-state index contributed by atoms with van der Waals surface area (Å²) in [5.74, 6) is 0.253. The Balaban J connectivity index is 2.28. The van der Waals surface area contributed by atoms with Crippen molar-refractivity contribution < 1.29 is 0 Å². The Hall–Kier alpha value is -1.81. The normalized spacial score (nSPS) is 10.3. The van der Waals surface area contributed by atoms with Crippen LogP contribution in [0, 0.1) is 0 Å². The van der Waals surface area contributed by atoms with Gasteiger partial charge in [0, 0.05) is 11.4 Å². The minimum Gasteiger partial charge on any atom is -0.396 e. The van der Waals surface area contributed by atoms with Gasteiger partial charge in [-0.25, -0.2) is 0 Å². The van der Waals surface area contributed by atoms with Crippen LogP contribution in [0.1, 0.15) is 11.3 Å². The average Bonchev–Trinajstić information content (AvgIpc) is 2.27. The van der Waals surface area contributed by atoms with Crippen molar-refractivity contribution in [3.8, 4) is 0 Å². The maximum Gasteiger partial charge on any atom is 0.169 e. The van der Waals surface area contributed by atoms with E-state index >= 15 is 0 Å². The standard InChI is InChI=1S/C11H11ClN4/c12-9-4-2-1-3-7(9)5-8-6-10(13)11(14)16-15-8/h1-4,6H,5H2,(H2,13,15)(H2,14,16). The number of nitrogens with two attached hydrogens (primary N) is 2. The lowest BCUT2D eigenvalue weighted by molar-refractivity contribution is 0.947. The molecule has 4 nitrogen and oxygen atoms in total. The van der Waals surface area contributed by atoms with Crippen molar-refractivity contribution in [1.29, 1.82) is 0 Å². The van der Waals surface area contributed by atoms with Crippen molar-refractivity contribution in [3.05, 3.63) is 46.6 Å². The SMILES string of the molecule is Nc1cc(Cc2ccccc2Cl)nnc1N. The summed E-state index contributed by atoms with van der Waals surface area (Å²) in [6.45, 7) is 0. The second-order valence-corrected chi connectivity index (χ2v) is 3.85. The number of aromatic nitrogens is 2. The quantitative estimate of drug-likeness (QED) is 0.832. The first-order valence-electron chi connectivity index (χ1n) is 4.78. The molecule has 0 unspecified atom stereocenters. The third-order valence-electron chi connectivity index (χ3n) is 2.23. The average molecular weight is 235 g/mol. The van der Waals surface area contributed by atoms with Crippen LogP contribution in [0.4, 0.5) is 11.5 Å². The first-order chi connectivity index (χ1) is 7.66. The highest BCUT2D eigenvalue weighted by atomic mass is 35.5. The van der Waals surface area contributed by atoms with Gasteiger partial charge in [-0.3, -0.25) is 0 Å². The number of nitrogen functional groups attached to an aromatic ring is 2. The molecule has 82 valence electrons. The fourth-order valence-electron chi connectivity index (χ4n) is 1.38. The van der Waals surface area contributed by atoms with Gasteiger partial charge in [-0.1, -0.05) is 29.8 Å². The lowest BCUT2D eigenvalue weighted by atomic mass is 10.1. The van der Waals surface area contributed by atoms with Crippen LogP contribution in [0.3, 0.4) is 0 Å². The summed E-state index contributed by atoms with van der Waals surface area (Å²) < 4.78 is 0. The Bertz CT molecular complexity index is 513. The fraction of sp³-hybridized carbons (Fsp3) is 0.0909. The van der Waals surface area contributed by atoms with Crippen molar-refractivity contribution in [2.24, 2.45) is 0 Å². The molecule has 1 aromatic heterocycles. The zero-order valence-corrected chi connectivity index (χ0v) is 9.28. The fourth-order valence-corrected chi connectivity index (χ4v) is 1.58. The van der Waals surface area contributed by atoms with Gasteiger partial charge in [-0.05, 0) is 17.7 Å². The molecule has 0 aliphatic heterocycles. The Kier molecular flexibility index (Phi) is 2.92. The molecule has 2 aromatic rings. The largest absolute Gasteiger partial charge is 0.396 e. The lowest BCUT2D eigenvalue weighted by Gasteiger charge is -2.04. The molecule has 0 fully saturated rings. The Morgan fingerprint density at radius 2 is 1.88 bits per heavy atom. The van der Waals surface area contributed by atoms with E-state index in [2.05, 4.69) is 10.2 Å². The molecule has 0 saturated carbocycles. The Labute approximate surface area is 98.2 Å². The molecule has 1 heterocycles. The first kappa shape index (κ1) is 10.7. The molecule has 16 heavy (non-hydrogen) atoms. The number of rotatable bonds is 2.